The summed E-state index contributed by atoms with van der Waals surface area (Å²) in [6, 6.07) is 15.9. The molecule has 0 radical (unpaired) electrons. The first-order valence-corrected chi connectivity index (χ1v) is 10.3. The normalized spacial score (nSPS) is 11.1. The Bertz CT molecular complexity index is 1240. The molecule has 0 saturated carbocycles. The number of amides is 1. The van der Waals surface area contributed by atoms with Crippen molar-refractivity contribution in [1.82, 2.24) is 19.7 Å². The highest BCUT2D eigenvalue weighted by molar-refractivity contribution is 7.92. The van der Waals surface area contributed by atoms with E-state index < -0.39 is 10.0 Å². The van der Waals surface area contributed by atoms with Crippen molar-refractivity contribution in [3.8, 4) is 5.69 Å². The molecule has 30 heavy (non-hydrogen) atoms. The van der Waals surface area contributed by atoms with E-state index >= 15 is 0 Å². The Kier molecular flexibility index (Phi) is 5.22. The van der Waals surface area contributed by atoms with E-state index in [1.54, 1.807) is 47.4 Å². The summed E-state index contributed by atoms with van der Waals surface area (Å²) in [4.78, 5) is 20.3. The van der Waals surface area contributed by atoms with Gasteiger partial charge in [-0.1, -0.05) is 0 Å². The van der Waals surface area contributed by atoms with Gasteiger partial charge in [-0.15, -0.1) is 0 Å². The molecule has 0 atom stereocenters. The number of carbonyl (C=O) groups is 1. The first kappa shape index (κ1) is 19.3. The lowest BCUT2D eigenvalue weighted by Crippen LogP contribution is -2.15. The molecule has 2 N–H and O–H groups in total. The van der Waals surface area contributed by atoms with Crippen molar-refractivity contribution in [3.63, 3.8) is 0 Å². The minimum absolute atomic E-state index is 0.0491. The quantitative estimate of drug-likeness (QED) is 0.495. The molecular weight excluding hydrogens is 404 g/mol. The maximum Gasteiger partial charge on any atom is 0.261 e. The Hall–Kier alpha value is -4.05. The molecule has 1 amide bonds. The summed E-state index contributed by atoms with van der Waals surface area (Å²) in [7, 11) is -3.76. The van der Waals surface area contributed by atoms with Crippen molar-refractivity contribution >= 4 is 27.3 Å². The summed E-state index contributed by atoms with van der Waals surface area (Å²) in [5.74, 6) is -0.352. The van der Waals surface area contributed by atoms with Crippen molar-refractivity contribution in [1.29, 1.82) is 0 Å². The number of sulfonamides is 1. The predicted molar refractivity (Wildman–Crippen MR) is 111 cm³/mol. The monoisotopic (exact) mass is 420 g/mol. The van der Waals surface area contributed by atoms with Crippen LogP contribution in [-0.2, 0) is 10.0 Å². The molecule has 0 aliphatic rings. The lowest BCUT2D eigenvalue weighted by atomic mass is 10.2. The van der Waals surface area contributed by atoms with Gasteiger partial charge in [0.15, 0.2) is 0 Å². The second-order valence-corrected chi connectivity index (χ2v) is 7.89. The van der Waals surface area contributed by atoms with Crippen LogP contribution in [0.5, 0.6) is 0 Å². The Morgan fingerprint density at radius 1 is 0.833 bits per heavy atom. The van der Waals surface area contributed by atoms with Gasteiger partial charge in [0.2, 0.25) is 0 Å². The summed E-state index contributed by atoms with van der Waals surface area (Å²) >= 11 is 0. The second kappa shape index (κ2) is 8.13. The lowest BCUT2D eigenvalue weighted by Gasteiger charge is -2.09. The highest BCUT2D eigenvalue weighted by Crippen LogP contribution is 2.17. The number of nitrogens with one attached hydrogen (secondary N) is 2. The van der Waals surface area contributed by atoms with Crippen molar-refractivity contribution in [2.45, 2.75) is 4.90 Å². The average Bonchev–Trinajstić information content (AvgIpc) is 3.30. The van der Waals surface area contributed by atoms with E-state index in [9.17, 15) is 13.2 Å². The molecule has 10 heteroatoms. The molecule has 2 aromatic heterocycles. The van der Waals surface area contributed by atoms with Crippen molar-refractivity contribution in [2.75, 3.05) is 10.0 Å². The maximum absolute atomic E-state index is 12.5. The van der Waals surface area contributed by atoms with Crippen molar-refractivity contribution < 1.29 is 13.2 Å². The molecule has 0 aliphatic heterocycles. The van der Waals surface area contributed by atoms with Gasteiger partial charge in [0.25, 0.3) is 15.9 Å². The summed E-state index contributed by atoms with van der Waals surface area (Å²) in [6.07, 6.45) is 5.99. The van der Waals surface area contributed by atoms with Gasteiger partial charge in [0.05, 0.1) is 16.3 Å². The fourth-order valence-corrected chi connectivity index (χ4v) is 3.72. The molecular formula is C20H16N6O3S. The predicted octanol–water partition coefficient (Wildman–Crippen LogP) is 2.72. The average molecular weight is 420 g/mol. The van der Waals surface area contributed by atoms with Gasteiger partial charge < -0.3 is 5.32 Å². The standard InChI is InChI=1S/C20H16N6O3S/c27-20(24-16-3-5-18(6-4-16)26-14-22-13-23-26)15-1-7-19(8-2-15)30(28,29)25-17-9-11-21-12-10-17/h1-14H,(H,21,25)(H,24,27). The first-order valence-electron chi connectivity index (χ1n) is 8.81. The third kappa shape index (κ3) is 4.33. The molecule has 0 spiro atoms. The molecule has 2 heterocycles. The summed E-state index contributed by atoms with van der Waals surface area (Å²) in [5.41, 5.74) is 2.14. The van der Waals surface area contributed by atoms with Crippen LogP contribution in [-0.4, -0.2) is 34.1 Å². The van der Waals surface area contributed by atoms with Crippen LogP contribution in [0.2, 0.25) is 0 Å². The zero-order chi connectivity index (χ0) is 21.0. The highest BCUT2D eigenvalue weighted by Gasteiger charge is 2.15. The number of hydrogen-bond donors (Lipinski definition) is 2. The van der Waals surface area contributed by atoms with E-state index in [0.717, 1.165) is 5.69 Å². The van der Waals surface area contributed by atoms with Crippen LogP contribution in [0.3, 0.4) is 0 Å². The topological polar surface area (TPSA) is 119 Å². The lowest BCUT2D eigenvalue weighted by molar-refractivity contribution is 0.102. The Morgan fingerprint density at radius 3 is 2.17 bits per heavy atom. The largest absolute Gasteiger partial charge is 0.322 e. The van der Waals surface area contributed by atoms with Gasteiger partial charge in [-0.3, -0.25) is 14.5 Å². The third-order valence-corrected chi connectivity index (χ3v) is 5.57. The molecule has 0 fully saturated rings. The highest BCUT2D eigenvalue weighted by atomic mass is 32.2. The molecule has 4 aromatic rings. The van der Waals surface area contributed by atoms with Crippen molar-refractivity contribution in [3.05, 3.63) is 91.3 Å². The Balaban J connectivity index is 1.44. The number of hydrogen-bond acceptors (Lipinski definition) is 6. The number of pyridine rings is 1. The van der Waals surface area contributed by atoms with E-state index in [2.05, 4.69) is 25.1 Å². The zero-order valence-electron chi connectivity index (χ0n) is 15.5. The fraction of sp³-hybridized carbons (Fsp3) is 0. The number of anilines is 2. The fourth-order valence-electron chi connectivity index (χ4n) is 2.66. The van der Waals surface area contributed by atoms with Crippen LogP contribution in [0, 0.1) is 0 Å². The van der Waals surface area contributed by atoms with Gasteiger partial charge >= 0.3 is 0 Å². The van der Waals surface area contributed by atoms with Gasteiger partial charge in [-0.25, -0.2) is 18.1 Å². The van der Waals surface area contributed by atoms with Gasteiger partial charge in [-0.2, -0.15) is 5.10 Å². The number of nitrogens with zero attached hydrogens (tertiary/aromatic N) is 4. The number of benzene rings is 2. The van der Waals surface area contributed by atoms with Gasteiger partial charge in [0.1, 0.15) is 12.7 Å². The summed E-state index contributed by atoms with van der Waals surface area (Å²) < 4.78 is 29.0. The van der Waals surface area contributed by atoms with E-state index in [-0.39, 0.29) is 10.8 Å². The van der Waals surface area contributed by atoms with Crippen LogP contribution < -0.4 is 10.0 Å². The molecule has 0 unspecified atom stereocenters. The van der Waals surface area contributed by atoms with Crippen LogP contribution in [0.1, 0.15) is 10.4 Å². The number of rotatable bonds is 6. The van der Waals surface area contributed by atoms with Crippen LogP contribution in [0.4, 0.5) is 11.4 Å². The molecule has 0 bridgehead atoms. The SMILES string of the molecule is O=C(Nc1ccc(-n2cncn2)cc1)c1ccc(S(=O)(=O)Nc2ccncc2)cc1. The first-order chi connectivity index (χ1) is 14.5. The smallest absolute Gasteiger partial charge is 0.261 e. The van der Waals surface area contributed by atoms with Crippen LogP contribution in [0.25, 0.3) is 5.69 Å². The minimum atomic E-state index is -3.76. The van der Waals surface area contributed by atoms with Crippen LogP contribution >= 0.6 is 0 Å². The van der Waals surface area contributed by atoms with E-state index in [1.165, 1.54) is 43.0 Å². The van der Waals surface area contributed by atoms with E-state index in [4.69, 9.17) is 0 Å². The van der Waals surface area contributed by atoms with E-state index in [1.807, 2.05) is 0 Å². The molecule has 4 rings (SSSR count). The van der Waals surface area contributed by atoms with Gasteiger partial charge in [-0.05, 0) is 60.7 Å². The third-order valence-electron chi connectivity index (χ3n) is 4.17. The summed E-state index contributed by atoms with van der Waals surface area (Å²) in [5, 5.41) is 6.81. The number of carbonyl (C=O) groups excluding carboxylic acids is 1. The molecule has 150 valence electrons. The van der Waals surface area contributed by atoms with E-state index in [0.29, 0.717) is 16.9 Å². The second-order valence-electron chi connectivity index (χ2n) is 6.21. The number of aromatic nitrogens is 4. The Morgan fingerprint density at radius 2 is 1.53 bits per heavy atom. The van der Waals surface area contributed by atoms with Crippen molar-refractivity contribution in [2.24, 2.45) is 0 Å². The minimum Gasteiger partial charge on any atom is -0.322 e. The molecule has 0 aliphatic carbocycles. The molecule has 0 saturated heterocycles. The maximum atomic E-state index is 12.5. The van der Waals surface area contributed by atoms with Crippen LogP contribution in [0.15, 0.2) is 90.6 Å². The van der Waals surface area contributed by atoms with Gasteiger partial charge in [0, 0.05) is 23.6 Å². The molecule has 2 aromatic carbocycles. The molecule has 9 nitrogen and oxygen atoms in total. The Labute approximate surface area is 172 Å². The zero-order valence-corrected chi connectivity index (χ0v) is 16.3. The summed E-state index contributed by atoms with van der Waals surface area (Å²) in [6.45, 7) is 0.